The summed E-state index contributed by atoms with van der Waals surface area (Å²) in [5.41, 5.74) is 4.35. The summed E-state index contributed by atoms with van der Waals surface area (Å²) in [5.74, 6) is 0.759. The van der Waals surface area contributed by atoms with Crippen molar-refractivity contribution >= 4 is 34.8 Å². The molecule has 1 aliphatic heterocycles. The SMILES string of the molecule is CCc1cc(/C=C2/C(=O)Nc3ccc(Cl)cc32)ccc1OC. The number of aryl methyl sites for hydroxylation is 1. The number of anilines is 1. The summed E-state index contributed by atoms with van der Waals surface area (Å²) in [7, 11) is 1.66. The largest absolute Gasteiger partial charge is 0.496 e. The molecule has 4 heteroatoms. The molecule has 0 atom stereocenters. The summed E-state index contributed by atoms with van der Waals surface area (Å²) < 4.78 is 5.34. The molecule has 0 aliphatic carbocycles. The lowest BCUT2D eigenvalue weighted by Gasteiger charge is -2.07. The van der Waals surface area contributed by atoms with Crippen LogP contribution < -0.4 is 10.1 Å². The highest BCUT2D eigenvalue weighted by Crippen LogP contribution is 2.35. The Morgan fingerprint density at radius 3 is 2.77 bits per heavy atom. The van der Waals surface area contributed by atoms with Crippen molar-refractivity contribution in [1.82, 2.24) is 0 Å². The van der Waals surface area contributed by atoms with Crippen LogP contribution >= 0.6 is 11.6 Å². The maximum absolute atomic E-state index is 12.2. The molecule has 3 nitrogen and oxygen atoms in total. The number of carbonyl (C=O) groups excluding carboxylic acids is 1. The molecule has 0 saturated carbocycles. The highest BCUT2D eigenvalue weighted by atomic mass is 35.5. The van der Waals surface area contributed by atoms with Gasteiger partial charge in [-0.15, -0.1) is 0 Å². The fourth-order valence-electron chi connectivity index (χ4n) is 2.63. The van der Waals surface area contributed by atoms with Gasteiger partial charge in [-0.3, -0.25) is 4.79 Å². The predicted molar refractivity (Wildman–Crippen MR) is 90.3 cm³/mol. The third-order valence-electron chi connectivity index (χ3n) is 3.76. The zero-order valence-electron chi connectivity index (χ0n) is 12.4. The quantitative estimate of drug-likeness (QED) is 0.853. The van der Waals surface area contributed by atoms with E-state index >= 15 is 0 Å². The molecule has 0 aromatic heterocycles. The van der Waals surface area contributed by atoms with E-state index in [1.54, 1.807) is 13.2 Å². The van der Waals surface area contributed by atoms with Crippen LogP contribution in [0, 0.1) is 0 Å². The number of methoxy groups -OCH3 is 1. The van der Waals surface area contributed by atoms with E-state index in [0.29, 0.717) is 10.6 Å². The Morgan fingerprint density at radius 2 is 2.05 bits per heavy atom. The number of nitrogens with one attached hydrogen (secondary N) is 1. The highest BCUT2D eigenvalue weighted by molar-refractivity contribution is 6.36. The minimum absolute atomic E-state index is 0.105. The number of benzene rings is 2. The molecule has 1 heterocycles. The number of hydrogen-bond acceptors (Lipinski definition) is 2. The van der Waals surface area contributed by atoms with Crippen molar-refractivity contribution in [3.8, 4) is 5.75 Å². The summed E-state index contributed by atoms with van der Waals surface area (Å²) in [4.78, 5) is 12.2. The molecular weight excluding hydrogens is 298 g/mol. The molecule has 0 radical (unpaired) electrons. The van der Waals surface area contributed by atoms with Crippen molar-refractivity contribution in [3.63, 3.8) is 0 Å². The Hall–Kier alpha value is -2.26. The summed E-state index contributed by atoms with van der Waals surface area (Å²) >= 11 is 6.04. The number of rotatable bonds is 3. The van der Waals surface area contributed by atoms with Crippen LogP contribution in [-0.2, 0) is 11.2 Å². The van der Waals surface area contributed by atoms with Gasteiger partial charge >= 0.3 is 0 Å². The minimum atomic E-state index is -0.105. The van der Waals surface area contributed by atoms with E-state index < -0.39 is 0 Å². The second kappa shape index (κ2) is 5.85. The molecule has 0 unspecified atom stereocenters. The van der Waals surface area contributed by atoms with Gasteiger partial charge in [0, 0.05) is 21.8 Å². The van der Waals surface area contributed by atoms with Gasteiger partial charge in [0.05, 0.1) is 7.11 Å². The van der Waals surface area contributed by atoms with Crippen LogP contribution in [0.25, 0.3) is 11.6 Å². The van der Waals surface area contributed by atoms with Gasteiger partial charge in [-0.1, -0.05) is 24.6 Å². The monoisotopic (exact) mass is 313 g/mol. The molecular formula is C18H16ClNO2. The van der Waals surface area contributed by atoms with Gasteiger partial charge in [-0.2, -0.15) is 0 Å². The number of halogens is 1. The molecule has 1 aliphatic rings. The molecule has 1 amide bonds. The normalized spacial score (nSPS) is 14.9. The smallest absolute Gasteiger partial charge is 0.256 e. The zero-order valence-corrected chi connectivity index (χ0v) is 13.2. The topological polar surface area (TPSA) is 38.3 Å². The Bertz CT molecular complexity index is 781. The minimum Gasteiger partial charge on any atom is -0.496 e. The zero-order chi connectivity index (χ0) is 15.7. The van der Waals surface area contributed by atoms with Crippen LogP contribution in [0.15, 0.2) is 36.4 Å². The maximum Gasteiger partial charge on any atom is 0.256 e. The van der Waals surface area contributed by atoms with Crippen molar-refractivity contribution in [2.45, 2.75) is 13.3 Å². The summed E-state index contributed by atoms with van der Waals surface area (Å²) in [6.45, 7) is 2.08. The lowest BCUT2D eigenvalue weighted by atomic mass is 10.0. The predicted octanol–water partition coefficient (Wildman–Crippen LogP) is 4.40. The molecule has 0 bridgehead atoms. The van der Waals surface area contributed by atoms with E-state index in [0.717, 1.165) is 34.5 Å². The first-order valence-electron chi connectivity index (χ1n) is 7.12. The van der Waals surface area contributed by atoms with Gasteiger partial charge in [0.25, 0.3) is 5.91 Å². The first-order chi connectivity index (χ1) is 10.6. The van der Waals surface area contributed by atoms with Crippen molar-refractivity contribution < 1.29 is 9.53 Å². The Labute approximate surface area is 134 Å². The van der Waals surface area contributed by atoms with Crippen molar-refractivity contribution in [1.29, 1.82) is 0 Å². The van der Waals surface area contributed by atoms with Crippen molar-refractivity contribution in [2.75, 3.05) is 12.4 Å². The average molecular weight is 314 g/mol. The Morgan fingerprint density at radius 1 is 1.23 bits per heavy atom. The fourth-order valence-corrected chi connectivity index (χ4v) is 2.81. The highest BCUT2D eigenvalue weighted by Gasteiger charge is 2.24. The first-order valence-corrected chi connectivity index (χ1v) is 7.50. The van der Waals surface area contributed by atoms with Gasteiger partial charge in [0.1, 0.15) is 5.75 Å². The molecule has 0 fully saturated rings. The lowest BCUT2D eigenvalue weighted by Crippen LogP contribution is -2.03. The molecule has 2 aromatic carbocycles. The van der Waals surface area contributed by atoms with Crippen LogP contribution in [0.4, 0.5) is 5.69 Å². The van der Waals surface area contributed by atoms with E-state index in [1.807, 2.05) is 36.4 Å². The summed E-state index contributed by atoms with van der Waals surface area (Å²) in [6, 6.07) is 11.3. The third kappa shape index (κ3) is 2.60. The van der Waals surface area contributed by atoms with E-state index in [4.69, 9.17) is 16.3 Å². The molecule has 1 N–H and O–H groups in total. The molecule has 3 rings (SSSR count). The average Bonchev–Trinajstić information content (AvgIpc) is 2.83. The Balaban J connectivity index is 2.06. The van der Waals surface area contributed by atoms with Crippen LogP contribution in [0.2, 0.25) is 5.02 Å². The van der Waals surface area contributed by atoms with Gasteiger partial charge in [-0.05, 0) is 54.0 Å². The number of fused-ring (bicyclic) bond motifs is 1. The summed E-state index contributed by atoms with van der Waals surface area (Å²) in [6.07, 6.45) is 2.75. The molecule has 0 spiro atoms. The summed E-state index contributed by atoms with van der Waals surface area (Å²) in [5, 5.41) is 3.47. The first kappa shape index (κ1) is 14.7. The molecule has 2 aromatic rings. The number of hydrogen-bond donors (Lipinski definition) is 1. The van der Waals surface area contributed by atoms with Gasteiger partial charge in [0.2, 0.25) is 0 Å². The third-order valence-corrected chi connectivity index (χ3v) is 4.00. The van der Waals surface area contributed by atoms with Crippen LogP contribution in [-0.4, -0.2) is 13.0 Å². The van der Waals surface area contributed by atoms with E-state index in [1.165, 1.54) is 0 Å². The molecule has 112 valence electrons. The molecule has 22 heavy (non-hydrogen) atoms. The maximum atomic E-state index is 12.2. The lowest BCUT2D eigenvalue weighted by molar-refractivity contribution is -0.110. The van der Waals surface area contributed by atoms with Gasteiger partial charge < -0.3 is 10.1 Å². The van der Waals surface area contributed by atoms with Crippen LogP contribution in [0.5, 0.6) is 5.75 Å². The number of amides is 1. The van der Waals surface area contributed by atoms with Gasteiger partial charge in [-0.25, -0.2) is 0 Å². The van der Waals surface area contributed by atoms with E-state index in [2.05, 4.69) is 12.2 Å². The number of carbonyl (C=O) groups is 1. The Kier molecular flexibility index (Phi) is 3.90. The standard InChI is InChI=1S/C18H16ClNO2/c1-3-12-8-11(4-7-17(12)22-2)9-15-14-10-13(19)5-6-16(14)20-18(15)21/h4-10H,3H2,1-2H3,(H,20,21)/b15-9+. The van der Waals surface area contributed by atoms with E-state index in [-0.39, 0.29) is 5.91 Å². The van der Waals surface area contributed by atoms with Crippen LogP contribution in [0.3, 0.4) is 0 Å². The van der Waals surface area contributed by atoms with E-state index in [9.17, 15) is 4.79 Å². The fraction of sp³-hybridized carbons (Fsp3) is 0.167. The van der Waals surface area contributed by atoms with Crippen molar-refractivity contribution in [3.05, 3.63) is 58.1 Å². The molecule has 0 saturated heterocycles. The van der Waals surface area contributed by atoms with Crippen molar-refractivity contribution in [2.24, 2.45) is 0 Å². The second-order valence-corrected chi connectivity index (χ2v) is 5.56. The second-order valence-electron chi connectivity index (χ2n) is 5.13. The number of ether oxygens (including phenoxy) is 1. The van der Waals surface area contributed by atoms with Gasteiger partial charge in [0.15, 0.2) is 0 Å². The van der Waals surface area contributed by atoms with Crippen LogP contribution in [0.1, 0.15) is 23.6 Å².